The van der Waals surface area contributed by atoms with Gasteiger partial charge < -0.3 is 19.7 Å². The number of nitrogens with one attached hydrogen (secondary N) is 1. The maximum atomic E-state index is 12.7. The highest BCUT2D eigenvalue weighted by molar-refractivity contribution is 14.0. The van der Waals surface area contributed by atoms with Gasteiger partial charge in [-0.3, -0.25) is 0 Å². The zero-order valence-electron chi connectivity index (χ0n) is 16.2. The third-order valence-electron chi connectivity index (χ3n) is 3.65. The predicted molar refractivity (Wildman–Crippen MR) is 118 cm³/mol. The van der Waals surface area contributed by atoms with Crippen molar-refractivity contribution in [1.29, 1.82) is 0 Å². The molecule has 0 atom stereocenters. The summed E-state index contributed by atoms with van der Waals surface area (Å²) >= 11 is 1.60. The lowest BCUT2D eigenvalue weighted by atomic mass is 10.2. The minimum absolute atomic E-state index is 0. The van der Waals surface area contributed by atoms with E-state index in [9.17, 15) is 8.78 Å². The first-order valence-corrected chi connectivity index (χ1v) is 9.33. The summed E-state index contributed by atoms with van der Waals surface area (Å²) in [6.45, 7) is 2.48. The number of aromatic nitrogens is 1. The number of guanidine groups is 1. The first-order chi connectivity index (χ1) is 12.9. The third kappa shape index (κ3) is 7.38. The lowest BCUT2D eigenvalue weighted by Crippen LogP contribution is -2.38. The molecule has 0 saturated heterocycles. The first kappa shape index (κ1) is 24.3. The van der Waals surface area contributed by atoms with Gasteiger partial charge in [0.2, 0.25) is 0 Å². The molecule has 2 rings (SSSR count). The second-order valence-corrected chi connectivity index (χ2v) is 6.80. The number of aryl methyl sites for hydroxylation is 1. The van der Waals surface area contributed by atoms with Crippen LogP contribution in [-0.4, -0.2) is 43.2 Å². The van der Waals surface area contributed by atoms with E-state index in [0.717, 1.165) is 10.7 Å². The lowest BCUT2D eigenvalue weighted by molar-refractivity contribution is -0.0505. The molecule has 0 aliphatic carbocycles. The Labute approximate surface area is 185 Å². The molecular weight excluding hydrogens is 501 g/mol. The number of thiazole rings is 1. The monoisotopic (exact) mass is 526 g/mol. The molecule has 1 N–H and O–H groups in total. The van der Waals surface area contributed by atoms with Crippen molar-refractivity contribution < 1.29 is 18.3 Å². The molecule has 0 saturated carbocycles. The van der Waals surface area contributed by atoms with Gasteiger partial charge in [-0.25, -0.2) is 9.98 Å². The van der Waals surface area contributed by atoms with Crippen LogP contribution in [0.25, 0.3) is 0 Å². The van der Waals surface area contributed by atoms with Crippen molar-refractivity contribution in [2.24, 2.45) is 4.99 Å². The van der Waals surface area contributed by atoms with E-state index in [1.165, 1.54) is 13.2 Å². The second-order valence-electron chi connectivity index (χ2n) is 5.74. The van der Waals surface area contributed by atoms with Gasteiger partial charge in [-0.15, -0.1) is 35.3 Å². The maximum absolute atomic E-state index is 12.7. The van der Waals surface area contributed by atoms with Crippen LogP contribution in [0, 0.1) is 6.92 Å². The molecule has 0 fully saturated rings. The topological polar surface area (TPSA) is 59.0 Å². The zero-order chi connectivity index (χ0) is 19.8. The Morgan fingerprint density at radius 3 is 2.71 bits per heavy atom. The first-order valence-electron chi connectivity index (χ1n) is 8.45. The van der Waals surface area contributed by atoms with Crippen molar-refractivity contribution in [1.82, 2.24) is 15.2 Å². The van der Waals surface area contributed by atoms with Gasteiger partial charge in [0.15, 0.2) is 5.96 Å². The van der Waals surface area contributed by atoms with Crippen LogP contribution in [0.5, 0.6) is 11.5 Å². The summed E-state index contributed by atoms with van der Waals surface area (Å²) in [6.07, 6.45) is 0. The molecule has 0 bridgehead atoms. The number of methoxy groups -OCH3 is 1. The number of rotatable bonds is 8. The van der Waals surface area contributed by atoms with Gasteiger partial charge >= 0.3 is 6.61 Å². The van der Waals surface area contributed by atoms with E-state index >= 15 is 0 Å². The van der Waals surface area contributed by atoms with Crippen molar-refractivity contribution in [3.8, 4) is 11.5 Å². The lowest BCUT2D eigenvalue weighted by Gasteiger charge is -2.21. The Bertz CT molecular complexity index is 774. The van der Waals surface area contributed by atoms with Crippen LogP contribution in [0.1, 0.15) is 23.2 Å². The number of aliphatic imine (C=N–C) groups is 1. The van der Waals surface area contributed by atoms with Crippen molar-refractivity contribution in [3.63, 3.8) is 0 Å². The summed E-state index contributed by atoms with van der Waals surface area (Å²) < 4.78 is 35.1. The molecule has 6 nitrogen and oxygen atoms in total. The number of hydrogen-bond donors (Lipinski definition) is 1. The molecule has 0 spiro atoms. The quantitative estimate of drug-likeness (QED) is 0.316. The predicted octanol–water partition coefficient (Wildman–Crippen LogP) is 4.28. The number of alkyl halides is 2. The number of hydrogen-bond acceptors (Lipinski definition) is 5. The zero-order valence-corrected chi connectivity index (χ0v) is 19.4. The molecule has 1 heterocycles. The van der Waals surface area contributed by atoms with Crippen molar-refractivity contribution in [2.75, 3.05) is 20.7 Å². The van der Waals surface area contributed by atoms with Crippen LogP contribution < -0.4 is 14.8 Å². The van der Waals surface area contributed by atoms with E-state index < -0.39 is 6.61 Å². The SMILES string of the molecule is CCNC(=NCc1ccc(OC)cc1OC(F)F)N(C)Cc1csc(C)n1.I. The van der Waals surface area contributed by atoms with Crippen LogP contribution >= 0.6 is 35.3 Å². The normalized spacial score (nSPS) is 11.2. The minimum Gasteiger partial charge on any atom is -0.497 e. The molecule has 1 aromatic carbocycles. The largest absolute Gasteiger partial charge is 0.497 e. The Morgan fingerprint density at radius 2 is 2.14 bits per heavy atom. The van der Waals surface area contributed by atoms with Crippen LogP contribution in [-0.2, 0) is 13.1 Å². The standard InChI is InChI=1S/C18H24F2N4O2S.HI/c1-5-21-18(24(3)10-14-11-27-12(2)23-14)22-9-13-6-7-15(25-4)8-16(13)26-17(19)20;/h6-8,11,17H,5,9-10H2,1-4H3,(H,21,22);1H. The third-order valence-corrected chi connectivity index (χ3v) is 4.47. The van der Waals surface area contributed by atoms with E-state index in [-0.39, 0.29) is 36.3 Å². The molecule has 0 radical (unpaired) electrons. The smallest absolute Gasteiger partial charge is 0.387 e. The summed E-state index contributed by atoms with van der Waals surface area (Å²) in [5, 5.41) is 6.21. The van der Waals surface area contributed by atoms with Gasteiger partial charge in [-0.2, -0.15) is 8.78 Å². The summed E-state index contributed by atoms with van der Waals surface area (Å²) in [6, 6.07) is 4.80. The highest BCUT2D eigenvalue weighted by Gasteiger charge is 2.13. The van der Waals surface area contributed by atoms with Gasteiger partial charge in [-0.1, -0.05) is 0 Å². The number of halogens is 3. The maximum Gasteiger partial charge on any atom is 0.387 e. The molecule has 0 amide bonds. The summed E-state index contributed by atoms with van der Waals surface area (Å²) in [5.41, 5.74) is 1.50. The van der Waals surface area contributed by atoms with Crippen LogP contribution in [0.3, 0.4) is 0 Å². The Hall–Kier alpha value is -1.69. The Morgan fingerprint density at radius 1 is 1.39 bits per heavy atom. The highest BCUT2D eigenvalue weighted by Crippen LogP contribution is 2.27. The molecule has 10 heteroatoms. The van der Waals surface area contributed by atoms with Gasteiger partial charge in [0.05, 0.1) is 30.9 Å². The fourth-order valence-corrected chi connectivity index (χ4v) is 3.03. The van der Waals surface area contributed by atoms with E-state index in [4.69, 9.17) is 4.74 Å². The summed E-state index contributed by atoms with van der Waals surface area (Å²) in [5.74, 6) is 1.16. The fraction of sp³-hybridized carbons (Fsp3) is 0.444. The van der Waals surface area contributed by atoms with Crippen molar-refractivity contribution in [3.05, 3.63) is 39.8 Å². The Kier molecular flexibility index (Phi) is 10.4. The van der Waals surface area contributed by atoms with Crippen LogP contribution in [0.15, 0.2) is 28.6 Å². The highest BCUT2D eigenvalue weighted by atomic mass is 127. The molecule has 0 aliphatic heterocycles. The molecule has 0 unspecified atom stereocenters. The summed E-state index contributed by atoms with van der Waals surface area (Å²) in [7, 11) is 3.37. The average molecular weight is 526 g/mol. The summed E-state index contributed by atoms with van der Waals surface area (Å²) in [4.78, 5) is 10.9. The fourth-order valence-electron chi connectivity index (χ4n) is 2.43. The van der Waals surface area contributed by atoms with Crippen LogP contribution in [0.2, 0.25) is 0 Å². The van der Waals surface area contributed by atoms with E-state index in [0.29, 0.717) is 30.4 Å². The number of benzene rings is 1. The van der Waals surface area contributed by atoms with E-state index in [1.807, 2.05) is 31.2 Å². The Balaban J connectivity index is 0.00000392. The average Bonchev–Trinajstić information content (AvgIpc) is 3.03. The van der Waals surface area contributed by atoms with E-state index in [1.54, 1.807) is 23.5 Å². The van der Waals surface area contributed by atoms with Crippen molar-refractivity contribution in [2.45, 2.75) is 33.5 Å². The van der Waals surface area contributed by atoms with Gasteiger partial charge in [-0.05, 0) is 26.0 Å². The van der Waals surface area contributed by atoms with E-state index in [2.05, 4.69) is 20.0 Å². The molecule has 0 aliphatic rings. The molecule has 28 heavy (non-hydrogen) atoms. The minimum atomic E-state index is -2.91. The molecule has 1 aromatic heterocycles. The number of nitrogens with zero attached hydrogens (tertiary/aromatic N) is 3. The van der Waals surface area contributed by atoms with Crippen LogP contribution in [0.4, 0.5) is 8.78 Å². The van der Waals surface area contributed by atoms with Gasteiger partial charge in [0.25, 0.3) is 0 Å². The molecule has 156 valence electrons. The molecule has 2 aromatic rings. The van der Waals surface area contributed by atoms with Gasteiger partial charge in [0, 0.05) is 30.6 Å². The number of ether oxygens (including phenoxy) is 2. The molecular formula is C18H25F2IN4O2S. The van der Waals surface area contributed by atoms with Gasteiger partial charge in [0.1, 0.15) is 11.5 Å². The second kappa shape index (κ2) is 12.0. The van der Waals surface area contributed by atoms with Crippen molar-refractivity contribution >= 4 is 41.3 Å².